The van der Waals surface area contributed by atoms with Crippen LogP contribution in [0.5, 0.6) is 0 Å². The van der Waals surface area contributed by atoms with Crippen molar-refractivity contribution in [2.24, 2.45) is 11.3 Å². The molecule has 0 aromatic heterocycles. The van der Waals surface area contributed by atoms with Gasteiger partial charge >= 0.3 is 0 Å². The van der Waals surface area contributed by atoms with Gasteiger partial charge in [-0.05, 0) is 67.2 Å². The van der Waals surface area contributed by atoms with Crippen LogP contribution in [-0.4, -0.2) is 12.5 Å². The lowest BCUT2D eigenvalue weighted by atomic mass is 9.43. The molecule has 1 N–H and O–H groups in total. The molecule has 2 aromatic carbocycles. The molecular formula is C23H23F3N2O. The van der Waals surface area contributed by atoms with E-state index < -0.39 is 11.6 Å². The summed E-state index contributed by atoms with van der Waals surface area (Å²) >= 11 is 0. The van der Waals surface area contributed by atoms with Gasteiger partial charge in [-0.2, -0.15) is 0 Å². The molecule has 3 saturated carbocycles. The number of hydrogen-bond donors (Lipinski definition) is 1. The highest BCUT2D eigenvalue weighted by molar-refractivity contribution is 5.92. The number of nitrogens with zero attached hydrogens (tertiary/aromatic N) is 1. The van der Waals surface area contributed by atoms with Crippen molar-refractivity contribution in [2.75, 3.05) is 16.8 Å². The van der Waals surface area contributed by atoms with Gasteiger partial charge in [0, 0.05) is 30.8 Å². The summed E-state index contributed by atoms with van der Waals surface area (Å²) < 4.78 is 43.1. The highest BCUT2D eigenvalue weighted by atomic mass is 19.1. The Morgan fingerprint density at radius 1 is 1.14 bits per heavy atom. The molecule has 0 spiro atoms. The van der Waals surface area contributed by atoms with Crippen molar-refractivity contribution in [3.63, 3.8) is 0 Å². The summed E-state index contributed by atoms with van der Waals surface area (Å²) in [6, 6.07) is 7.43. The number of amides is 1. The average molecular weight is 400 g/mol. The largest absolute Gasteiger partial charge is 0.367 e. The number of fused-ring (bicyclic) bond motifs is 1. The maximum absolute atomic E-state index is 15.1. The summed E-state index contributed by atoms with van der Waals surface area (Å²) in [6.45, 7) is 1.11. The van der Waals surface area contributed by atoms with E-state index in [4.69, 9.17) is 0 Å². The molecule has 4 aliphatic rings. The van der Waals surface area contributed by atoms with Gasteiger partial charge in [-0.3, -0.25) is 4.79 Å². The fraction of sp³-hybridized carbons (Fsp3) is 0.435. The number of benzene rings is 2. The van der Waals surface area contributed by atoms with Gasteiger partial charge in [0.1, 0.15) is 11.5 Å². The molecule has 152 valence electrons. The van der Waals surface area contributed by atoms with E-state index >= 15 is 4.39 Å². The lowest BCUT2D eigenvalue weighted by molar-refractivity contribution is -0.139. The van der Waals surface area contributed by atoms with E-state index in [9.17, 15) is 13.6 Å². The Labute approximate surface area is 167 Å². The minimum atomic E-state index is -0.752. The normalized spacial score (nSPS) is 24.4. The fourth-order valence-electron chi connectivity index (χ4n) is 5.22. The van der Waals surface area contributed by atoms with Crippen molar-refractivity contribution < 1.29 is 18.0 Å². The first-order valence-electron chi connectivity index (χ1n) is 10.2. The predicted molar refractivity (Wildman–Crippen MR) is 105 cm³/mol. The van der Waals surface area contributed by atoms with Gasteiger partial charge in [-0.25, -0.2) is 13.2 Å². The van der Waals surface area contributed by atoms with Gasteiger partial charge in [0.2, 0.25) is 5.91 Å². The molecule has 1 amide bonds. The van der Waals surface area contributed by atoms with Gasteiger partial charge in [0.05, 0.1) is 0 Å². The summed E-state index contributed by atoms with van der Waals surface area (Å²) in [6.07, 6.45) is 4.76. The fourth-order valence-corrected chi connectivity index (χ4v) is 5.22. The van der Waals surface area contributed by atoms with E-state index in [0.29, 0.717) is 37.2 Å². The summed E-state index contributed by atoms with van der Waals surface area (Å²) in [5.41, 5.74) is 1.57. The van der Waals surface area contributed by atoms with Gasteiger partial charge in [-0.15, -0.1) is 0 Å². The molecule has 2 aromatic rings. The standard InChI is InChI=1S/C23H23F3N2O/c24-16-5-3-14(4-6-16)13-28-7-1-2-17-19(28)8-18(25)22(21(17)26)27-20(29)12-23-9-15(10-23)11-23/h3-6,8,15H,1-2,7,9-13H2,(H,27,29). The minimum absolute atomic E-state index is 0.0852. The second-order valence-electron chi connectivity index (χ2n) is 8.90. The molecule has 3 fully saturated rings. The molecule has 0 radical (unpaired) electrons. The van der Waals surface area contributed by atoms with Gasteiger partial charge in [-0.1, -0.05) is 12.1 Å². The number of carbonyl (C=O) groups excluding carboxylic acids is 1. The third-order valence-electron chi connectivity index (χ3n) is 6.74. The molecule has 1 aliphatic heterocycles. The highest BCUT2D eigenvalue weighted by Crippen LogP contribution is 2.66. The second-order valence-corrected chi connectivity index (χ2v) is 8.90. The van der Waals surface area contributed by atoms with E-state index in [1.54, 1.807) is 12.1 Å². The molecule has 1 heterocycles. The van der Waals surface area contributed by atoms with Crippen molar-refractivity contribution in [3.05, 3.63) is 58.9 Å². The zero-order valence-corrected chi connectivity index (χ0v) is 16.1. The van der Waals surface area contributed by atoms with Crippen molar-refractivity contribution in [1.29, 1.82) is 0 Å². The monoisotopic (exact) mass is 400 g/mol. The number of carbonyl (C=O) groups is 1. The summed E-state index contributed by atoms with van der Waals surface area (Å²) in [4.78, 5) is 14.3. The lowest BCUT2D eigenvalue weighted by Gasteiger charge is -2.61. The third kappa shape index (κ3) is 3.28. The Morgan fingerprint density at radius 3 is 2.52 bits per heavy atom. The predicted octanol–water partition coefficient (Wildman–Crippen LogP) is 5.19. The molecule has 0 atom stereocenters. The van der Waals surface area contributed by atoms with E-state index in [1.807, 2.05) is 4.90 Å². The van der Waals surface area contributed by atoms with Crippen molar-refractivity contribution in [2.45, 2.75) is 45.1 Å². The number of rotatable bonds is 5. The lowest BCUT2D eigenvalue weighted by Crippen LogP contribution is -2.53. The molecule has 29 heavy (non-hydrogen) atoms. The Hall–Kier alpha value is -2.50. The van der Waals surface area contributed by atoms with Crippen molar-refractivity contribution >= 4 is 17.3 Å². The first kappa shape index (κ1) is 18.5. The Kier molecular flexibility index (Phi) is 4.33. The number of anilines is 2. The third-order valence-corrected chi connectivity index (χ3v) is 6.74. The number of hydrogen-bond acceptors (Lipinski definition) is 2. The highest BCUT2D eigenvalue weighted by Gasteiger charge is 2.57. The van der Waals surface area contributed by atoms with E-state index in [0.717, 1.165) is 37.2 Å². The number of nitrogens with one attached hydrogen (secondary N) is 1. The molecule has 0 unspecified atom stereocenters. The van der Waals surface area contributed by atoms with Crippen LogP contribution in [0, 0.1) is 28.8 Å². The molecule has 6 heteroatoms. The van der Waals surface area contributed by atoms with E-state index in [1.165, 1.54) is 18.2 Å². The van der Waals surface area contributed by atoms with Crippen LogP contribution < -0.4 is 10.2 Å². The first-order chi connectivity index (χ1) is 13.9. The summed E-state index contributed by atoms with van der Waals surface area (Å²) in [5, 5.41) is 2.50. The second kappa shape index (κ2) is 6.78. The Balaban J connectivity index is 1.37. The minimum Gasteiger partial charge on any atom is -0.367 e. The molecule has 6 rings (SSSR count). The van der Waals surface area contributed by atoms with Crippen LogP contribution in [0.25, 0.3) is 0 Å². The zero-order chi connectivity index (χ0) is 20.2. The molecule has 3 aliphatic carbocycles. The van der Waals surface area contributed by atoms with Gasteiger partial charge < -0.3 is 10.2 Å². The maximum atomic E-state index is 15.1. The van der Waals surface area contributed by atoms with Crippen LogP contribution in [-0.2, 0) is 17.8 Å². The van der Waals surface area contributed by atoms with Gasteiger partial charge in [0.15, 0.2) is 11.6 Å². The van der Waals surface area contributed by atoms with Crippen LogP contribution in [0.4, 0.5) is 24.5 Å². The Bertz CT molecular complexity index is 956. The summed E-state index contributed by atoms with van der Waals surface area (Å²) in [5.74, 6) is -1.29. The summed E-state index contributed by atoms with van der Waals surface area (Å²) in [7, 11) is 0. The molecule has 0 saturated heterocycles. The smallest absolute Gasteiger partial charge is 0.225 e. The van der Waals surface area contributed by atoms with E-state index in [-0.39, 0.29) is 22.8 Å². The maximum Gasteiger partial charge on any atom is 0.225 e. The quantitative estimate of drug-likeness (QED) is 0.750. The van der Waals surface area contributed by atoms with Crippen LogP contribution >= 0.6 is 0 Å². The van der Waals surface area contributed by atoms with Crippen LogP contribution in [0.15, 0.2) is 30.3 Å². The van der Waals surface area contributed by atoms with Gasteiger partial charge in [0.25, 0.3) is 0 Å². The molecular weight excluding hydrogens is 377 g/mol. The first-order valence-corrected chi connectivity index (χ1v) is 10.2. The van der Waals surface area contributed by atoms with E-state index in [2.05, 4.69) is 5.32 Å². The molecule has 3 nitrogen and oxygen atoms in total. The average Bonchev–Trinajstić information content (AvgIpc) is 2.63. The van der Waals surface area contributed by atoms with Crippen LogP contribution in [0.3, 0.4) is 0 Å². The van der Waals surface area contributed by atoms with Crippen LogP contribution in [0.2, 0.25) is 0 Å². The zero-order valence-electron chi connectivity index (χ0n) is 16.1. The van der Waals surface area contributed by atoms with Crippen LogP contribution in [0.1, 0.15) is 43.2 Å². The Morgan fingerprint density at radius 2 is 1.86 bits per heavy atom. The number of halogens is 3. The topological polar surface area (TPSA) is 32.3 Å². The SMILES string of the molecule is O=C(CC12CC(C1)C2)Nc1c(F)cc2c(c1F)CCCN2Cc1ccc(F)cc1. The van der Waals surface area contributed by atoms with Crippen molar-refractivity contribution in [1.82, 2.24) is 0 Å². The molecule has 2 bridgehead atoms. The van der Waals surface area contributed by atoms with Crippen molar-refractivity contribution in [3.8, 4) is 0 Å².